The Kier molecular flexibility index (Phi) is 9.82. The number of halogens is 3. The molecular weight excluding hydrogens is 614 g/mol. The minimum atomic E-state index is -0.871. The molecule has 0 bridgehead atoms. The van der Waals surface area contributed by atoms with E-state index in [-0.39, 0.29) is 28.6 Å². The highest BCUT2D eigenvalue weighted by atomic mass is 35.5. The first-order valence-electron chi connectivity index (χ1n) is 13.4. The van der Waals surface area contributed by atoms with Gasteiger partial charge < -0.3 is 14.8 Å². The molecule has 0 atom stereocenters. The van der Waals surface area contributed by atoms with E-state index >= 15 is 4.39 Å². The topological polar surface area (TPSA) is 104 Å². The summed E-state index contributed by atoms with van der Waals surface area (Å²) < 4.78 is 27.9. The predicted molar refractivity (Wildman–Crippen MR) is 164 cm³/mol. The number of amides is 1. The van der Waals surface area contributed by atoms with Gasteiger partial charge in [0, 0.05) is 12.4 Å². The van der Waals surface area contributed by atoms with Crippen molar-refractivity contribution in [3.63, 3.8) is 0 Å². The fourth-order valence-electron chi connectivity index (χ4n) is 3.99. The molecule has 43 heavy (non-hydrogen) atoms. The molecule has 0 radical (unpaired) electrons. The van der Waals surface area contributed by atoms with Gasteiger partial charge >= 0.3 is 0 Å². The first-order chi connectivity index (χ1) is 20.7. The Bertz CT molecular complexity index is 1670. The number of hydrogen-bond donors (Lipinski definition) is 1. The lowest BCUT2D eigenvalue weighted by atomic mass is 10.1. The summed E-state index contributed by atoms with van der Waals surface area (Å²) in [6.07, 6.45) is 5.61. The molecule has 1 aliphatic rings. The van der Waals surface area contributed by atoms with E-state index in [1.165, 1.54) is 35.2 Å². The average molecular weight is 642 g/mol. The average Bonchev–Trinajstić information content (AvgIpc) is 3.75. The van der Waals surface area contributed by atoms with Gasteiger partial charge in [0.1, 0.15) is 23.0 Å². The second kappa shape index (κ2) is 13.7. The van der Waals surface area contributed by atoms with Gasteiger partial charge in [-0.25, -0.2) is 4.39 Å². The van der Waals surface area contributed by atoms with Crippen molar-refractivity contribution < 1.29 is 18.7 Å². The molecule has 4 aromatic rings. The third-order valence-electron chi connectivity index (χ3n) is 6.34. The van der Waals surface area contributed by atoms with Crippen molar-refractivity contribution in [2.75, 3.05) is 24.3 Å². The fourth-order valence-corrected chi connectivity index (χ4v) is 5.15. The van der Waals surface area contributed by atoms with E-state index in [0.717, 1.165) is 11.8 Å². The zero-order chi connectivity index (χ0) is 30.4. The highest BCUT2D eigenvalue weighted by molar-refractivity contribution is 7.99. The van der Waals surface area contributed by atoms with Gasteiger partial charge in [-0.3, -0.25) is 9.78 Å². The van der Waals surface area contributed by atoms with Gasteiger partial charge in [0.2, 0.25) is 11.1 Å². The molecule has 5 rings (SSSR count). The monoisotopic (exact) mass is 640 g/mol. The van der Waals surface area contributed by atoms with E-state index in [1.54, 1.807) is 38.4 Å². The van der Waals surface area contributed by atoms with Crippen molar-refractivity contribution in [3.8, 4) is 23.3 Å². The number of ether oxygens (including phenoxy) is 2. The number of carbonyl (C=O) groups excluding carboxylic acids is 1. The fraction of sp³-hybridized carbons (Fsp3) is 0.300. The Balaban J connectivity index is 1.15. The second-order valence-electron chi connectivity index (χ2n) is 10.1. The van der Waals surface area contributed by atoms with Gasteiger partial charge in [-0.1, -0.05) is 52.9 Å². The van der Waals surface area contributed by atoms with Crippen LogP contribution in [0, 0.1) is 17.7 Å². The molecule has 0 saturated heterocycles. The molecule has 9 nitrogen and oxygen atoms in total. The molecule has 2 aromatic heterocycles. The summed E-state index contributed by atoms with van der Waals surface area (Å²) in [7, 11) is 0. The number of anilines is 1. The van der Waals surface area contributed by atoms with Gasteiger partial charge in [0.05, 0.1) is 34.3 Å². The lowest BCUT2D eigenvalue weighted by molar-refractivity contribution is -0.113. The van der Waals surface area contributed by atoms with Crippen LogP contribution < -0.4 is 10.1 Å². The third-order valence-corrected chi connectivity index (χ3v) is 7.93. The maximum absolute atomic E-state index is 15.1. The number of benzene rings is 2. The predicted octanol–water partition coefficient (Wildman–Crippen LogP) is 6.34. The van der Waals surface area contributed by atoms with Crippen molar-refractivity contribution in [1.82, 2.24) is 25.2 Å². The van der Waals surface area contributed by atoms with Gasteiger partial charge in [-0.2, -0.15) is 4.68 Å². The standard InChI is InChI=1S/C30H27Cl2FN6O3S/c1-30(2,42-16-15-41-22-10-13-34-14-11-22)12-9-20-5-7-24(27(32)28(20)33)35-26(40)18-43-29-36-37-38-39(29)25-8-6-21(17-23(25)31)19-3-4-19/h5-8,10-11,13-14,17,19H,3-4,15-16,18H2,1-2H3,(H,35,40). The largest absolute Gasteiger partial charge is 0.491 e. The van der Waals surface area contributed by atoms with Crippen LogP contribution in [0.1, 0.15) is 43.7 Å². The van der Waals surface area contributed by atoms with E-state index < -0.39 is 17.3 Å². The summed E-state index contributed by atoms with van der Waals surface area (Å²) >= 11 is 13.9. The minimum absolute atomic E-state index is 0.0476. The van der Waals surface area contributed by atoms with E-state index in [0.29, 0.717) is 34.1 Å². The molecule has 1 saturated carbocycles. The molecule has 0 unspecified atom stereocenters. The normalized spacial score (nSPS) is 12.9. The Morgan fingerprint density at radius 2 is 1.95 bits per heavy atom. The molecule has 1 N–H and O–H groups in total. The van der Waals surface area contributed by atoms with Gasteiger partial charge in [-0.15, -0.1) is 5.10 Å². The number of aromatic nitrogens is 5. The van der Waals surface area contributed by atoms with Crippen LogP contribution >= 0.6 is 35.0 Å². The molecule has 1 amide bonds. The van der Waals surface area contributed by atoms with Gasteiger partial charge in [0.15, 0.2) is 5.82 Å². The Morgan fingerprint density at radius 3 is 2.70 bits per heavy atom. The SMILES string of the molecule is CC(C)(C#Cc1ccc(NC(=O)CSc2nnnn2-c2ccc(C3CC3)cc2Cl)c(Cl)c1F)OCCOc1ccncc1. The number of pyridine rings is 1. The molecule has 1 fully saturated rings. The molecule has 0 aliphatic heterocycles. The number of tetrazole rings is 1. The van der Waals surface area contributed by atoms with Crippen LogP contribution in [0.4, 0.5) is 10.1 Å². The molecule has 222 valence electrons. The number of nitrogens with one attached hydrogen (secondary N) is 1. The second-order valence-corrected chi connectivity index (χ2v) is 11.9. The summed E-state index contributed by atoms with van der Waals surface area (Å²) in [6.45, 7) is 4.14. The molecular formula is C30H27Cl2FN6O3S. The van der Waals surface area contributed by atoms with E-state index in [1.807, 2.05) is 18.2 Å². The van der Waals surface area contributed by atoms with E-state index in [9.17, 15) is 4.79 Å². The maximum Gasteiger partial charge on any atom is 0.234 e. The first-order valence-corrected chi connectivity index (χ1v) is 15.1. The van der Waals surface area contributed by atoms with Crippen molar-refractivity contribution in [1.29, 1.82) is 0 Å². The maximum atomic E-state index is 15.1. The summed E-state index contributed by atoms with van der Waals surface area (Å²) in [5.74, 6) is 5.73. The van der Waals surface area contributed by atoms with Crippen molar-refractivity contribution in [2.45, 2.75) is 43.4 Å². The van der Waals surface area contributed by atoms with E-state index in [2.05, 4.69) is 37.7 Å². The molecule has 13 heteroatoms. The molecule has 2 heterocycles. The minimum Gasteiger partial charge on any atom is -0.491 e. The smallest absolute Gasteiger partial charge is 0.234 e. The summed E-state index contributed by atoms with van der Waals surface area (Å²) in [5, 5.41) is 15.0. The highest BCUT2D eigenvalue weighted by Crippen LogP contribution is 2.41. The van der Waals surface area contributed by atoms with Crippen LogP contribution in [-0.2, 0) is 9.53 Å². The van der Waals surface area contributed by atoms with Gasteiger partial charge in [0.25, 0.3) is 0 Å². The van der Waals surface area contributed by atoms with Crippen molar-refractivity contribution >= 4 is 46.6 Å². The van der Waals surface area contributed by atoms with Crippen LogP contribution in [0.25, 0.3) is 5.69 Å². The first kappa shape index (κ1) is 30.8. The molecule has 2 aromatic carbocycles. The number of hydrogen-bond acceptors (Lipinski definition) is 8. The number of carbonyl (C=O) groups is 1. The lowest BCUT2D eigenvalue weighted by Gasteiger charge is -2.19. The highest BCUT2D eigenvalue weighted by Gasteiger charge is 2.25. The Morgan fingerprint density at radius 1 is 1.16 bits per heavy atom. The number of nitrogens with zero attached hydrogens (tertiary/aromatic N) is 5. The summed E-state index contributed by atoms with van der Waals surface area (Å²) in [5.41, 5.74) is 1.14. The number of rotatable bonds is 11. The van der Waals surface area contributed by atoms with Crippen LogP contribution in [-0.4, -0.2) is 55.7 Å². The van der Waals surface area contributed by atoms with Crippen molar-refractivity contribution in [3.05, 3.63) is 81.8 Å². The van der Waals surface area contributed by atoms with Crippen LogP contribution in [0.15, 0.2) is 60.0 Å². The zero-order valence-corrected chi connectivity index (χ0v) is 25.6. The zero-order valence-electron chi connectivity index (χ0n) is 23.3. The summed E-state index contributed by atoms with van der Waals surface area (Å²) in [6, 6.07) is 12.3. The van der Waals surface area contributed by atoms with Gasteiger partial charge in [-0.05, 0) is 85.0 Å². The Hall–Kier alpha value is -3.69. The number of thioether (sulfide) groups is 1. The van der Waals surface area contributed by atoms with E-state index in [4.69, 9.17) is 32.7 Å². The molecule has 1 aliphatic carbocycles. The van der Waals surface area contributed by atoms with Crippen LogP contribution in [0.3, 0.4) is 0 Å². The quantitative estimate of drug-likeness (QED) is 0.115. The summed E-state index contributed by atoms with van der Waals surface area (Å²) in [4.78, 5) is 16.6. The molecule has 0 spiro atoms. The Labute approximate surface area is 262 Å². The third kappa shape index (κ3) is 8.24. The van der Waals surface area contributed by atoms with Crippen LogP contribution in [0.5, 0.6) is 5.75 Å². The van der Waals surface area contributed by atoms with Crippen molar-refractivity contribution in [2.24, 2.45) is 0 Å². The lowest BCUT2D eigenvalue weighted by Crippen LogP contribution is -2.25. The van der Waals surface area contributed by atoms with Crippen LogP contribution in [0.2, 0.25) is 10.0 Å².